The fourth-order valence-corrected chi connectivity index (χ4v) is 3.72. The number of rotatable bonds is 6. The number of nitrogens with zero attached hydrogens (tertiary/aromatic N) is 1. The third kappa shape index (κ3) is 4.50. The van der Waals surface area contributed by atoms with E-state index in [9.17, 15) is 12.8 Å². The lowest BCUT2D eigenvalue weighted by Gasteiger charge is -2.06. The zero-order chi connectivity index (χ0) is 22.0. The van der Waals surface area contributed by atoms with Gasteiger partial charge in [0.2, 0.25) is 10.0 Å². The summed E-state index contributed by atoms with van der Waals surface area (Å²) in [6.07, 6.45) is 0.418. The molecule has 0 unspecified atom stereocenters. The van der Waals surface area contributed by atoms with Gasteiger partial charge >= 0.3 is 0 Å². The van der Waals surface area contributed by atoms with E-state index in [1.807, 2.05) is 30.3 Å². The van der Waals surface area contributed by atoms with Crippen LogP contribution in [-0.4, -0.2) is 20.5 Å². The van der Waals surface area contributed by atoms with Crippen molar-refractivity contribution in [3.63, 3.8) is 0 Å². The van der Waals surface area contributed by atoms with Crippen LogP contribution in [0.1, 0.15) is 11.5 Å². The predicted octanol–water partition coefficient (Wildman–Crippen LogP) is 4.39. The van der Waals surface area contributed by atoms with Crippen LogP contribution in [0.4, 0.5) is 4.39 Å². The van der Waals surface area contributed by atoms with Gasteiger partial charge in [0.05, 0.1) is 12.0 Å². The fraction of sp³-hybridized carbons (Fsp3) is 0.0870. The van der Waals surface area contributed by atoms with Gasteiger partial charge in [-0.2, -0.15) is 0 Å². The molecule has 1 aromatic heterocycles. The maximum atomic E-state index is 14.8. The minimum atomic E-state index is -3.83. The summed E-state index contributed by atoms with van der Waals surface area (Å²) >= 11 is 0. The van der Waals surface area contributed by atoms with Crippen LogP contribution in [0.2, 0.25) is 0 Å². The molecule has 158 valence electrons. The second-order valence-electron chi connectivity index (χ2n) is 6.86. The van der Waals surface area contributed by atoms with E-state index < -0.39 is 15.8 Å². The Morgan fingerprint density at radius 1 is 1.03 bits per heavy atom. The van der Waals surface area contributed by atoms with Gasteiger partial charge in [0.1, 0.15) is 17.3 Å². The quantitative estimate of drug-likeness (QED) is 0.482. The maximum Gasteiger partial charge on any atom is 0.238 e. The molecular weight excluding hydrogens is 419 g/mol. The first-order valence-electron chi connectivity index (χ1n) is 9.36. The van der Waals surface area contributed by atoms with Crippen LogP contribution in [0.3, 0.4) is 0 Å². The fourth-order valence-electron chi connectivity index (χ4n) is 3.20. The molecular formula is C23H19FN2O4S. The van der Waals surface area contributed by atoms with Gasteiger partial charge in [-0.15, -0.1) is 0 Å². The summed E-state index contributed by atoms with van der Waals surface area (Å²) < 4.78 is 49.0. The van der Waals surface area contributed by atoms with Crippen molar-refractivity contribution in [2.75, 3.05) is 7.11 Å². The Morgan fingerprint density at radius 3 is 2.35 bits per heavy atom. The molecule has 3 aromatic carbocycles. The summed E-state index contributed by atoms with van der Waals surface area (Å²) in [6.45, 7) is 0. The lowest BCUT2D eigenvalue weighted by Crippen LogP contribution is -2.11. The average molecular weight is 438 g/mol. The van der Waals surface area contributed by atoms with Gasteiger partial charge in [-0.25, -0.2) is 22.9 Å². The van der Waals surface area contributed by atoms with Gasteiger partial charge in [-0.3, -0.25) is 0 Å². The minimum absolute atomic E-state index is 0.0301. The van der Waals surface area contributed by atoms with E-state index in [2.05, 4.69) is 4.98 Å². The van der Waals surface area contributed by atoms with E-state index in [1.165, 1.54) is 25.3 Å². The van der Waals surface area contributed by atoms with Crippen molar-refractivity contribution in [3.8, 4) is 28.3 Å². The molecule has 0 saturated carbocycles. The first-order valence-corrected chi connectivity index (χ1v) is 10.9. The van der Waals surface area contributed by atoms with Gasteiger partial charge in [-0.1, -0.05) is 30.3 Å². The molecule has 4 aromatic rings. The molecule has 0 bridgehead atoms. The van der Waals surface area contributed by atoms with Crippen molar-refractivity contribution >= 4 is 10.0 Å². The van der Waals surface area contributed by atoms with Gasteiger partial charge in [0, 0.05) is 23.6 Å². The predicted molar refractivity (Wildman–Crippen MR) is 115 cm³/mol. The number of halogens is 1. The van der Waals surface area contributed by atoms with E-state index in [0.29, 0.717) is 35.1 Å². The summed E-state index contributed by atoms with van der Waals surface area (Å²) in [5.41, 5.74) is 2.09. The molecule has 2 N–H and O–H groups in total. The number of hydrogen-bond acceptors (Lipinski definition) is 5. The number of hydrogen-bond donors (Lipinski definition) is 1. The molecule has 0 amide bonds. The van der Waals surface area contributed by atoms with Crippen molar-refractivity contribution in [2.45, 2.75) is 11.3 Å². The number of benzene rings is 3. The Bertz CT molecular complexity index is 1320. The summed E-state index contributed by atoms with van der Waals surface area (Å²) in [5.74, 6) is 0.604. The number of nitrogens with two attached hydrogens (primary N) is 1. The van der Waals surface area contributed by atoms with Gasteiger partial charge in [0.15, 0.2) is 11.7 Å². The Balaban J connectivity index is 1.82. The van der Waals surface area contributed by atoms with Gasteiger partial charge in [-0.05, 0) is 42.0 Å². The molecule has 0 aliphatic carbocycles. The summed E-state index contributed by atoms with van der Waals surface area (Å²) in [7, 11) is -2.37. The second kappa shape index (κ2) is 8.33. The molecule has 4 rings (SSSR count). The number of ether oxygens (including phenoxy) is 1. The summed E-state index contributed by atoms with van der Waals surface area (Å²) in [4.78, 5) is 4.52. The van der Waals surface area contributed by atoms with Crippen molar-refractivity contribution in [2.24, 2.45) is 5.14 Å². The van der Waals surface area contributed by atoms with Crippen molar-refractivity contribution < 1.29 is 22.0 Å². The Labute approximate surface area is 179 Å². The average Bonchev–Trinajstić information content (AvgIpc) is 3.17. The maximum absolute atomic E-state index is 14.8. The molecule has 0 fully saturated rings. The highest BCUT2D eigenvalue weighted by molar-refractivity contribution is 7.89. The van der Waals surface area contributed by atoms with Crippen LogP contribution in [0.5, 0.6) is 5.75 Å². The second-order valence-corrected chi connectivity index (χ2v) is 8.42. The molecule has 1 heterocycles. The number of methoxy groups -OCH3 is 1. The van der Waals surface area contributed by atoms with Crippen molar-refractivity contribution in [1.29, 1.82) is 0 Å². The molecule has 0 aliphatic rings. The molecule has 31 heavy (non-hydrogen) atoms. The highest BCUT2D eigenvalue weighted by Gasteiger charge is 2.21. The zero-order valence-electron chi connectivity index (χ0n) is 16.6. The number of oxazole rings is 1. The Kier molecular flexibility index (Phi) is 5.58. The summed E-state index contributed by atoms with van der Waals surface area (Å²) in [5, 5.41) is 5.18. The molecule has 8 heteroatoms. The summed E-state index contributed by atoms with van der Waals surface area (Å²) in [6, 6.07) is 20.0. The third-order valence-corrected chi connectivity index (χ3v) is 5.68. The van der Waals surface area contributed by atoms with Crippen LogP contribution in [0.25, 0.3) is 22.6 Å². The van der Waals surface area contributed by atoms with Crippen molar-refractivity contribution in [1.82, 2.24) is 4.98 Å². The number of primary sulfonamides is 1. The lowest BCUT2D eigenvalue weighted by atomic mass is 10.1. The van der Waals surface area contributed by atoms with Gasteiger partial charge < -0.3 is 9.15 Å². The molecule has 6 nitrogen and oxygen atoms in total. The number of aromatic nitrogens is 1. The molecule has 0 aliphatic heterocycles. The van der Waals surface area contributed by atoms with Crippen LogP contribution in [0, 0.1) is 5.82 Å². The molecule has 0 radical (unpaired) electrons. The van der Waals surface area contributed by atoms with Crippen molar-refractivity contribution in [3.05, 3.63) is 90.1 Å². The molecule has 0 spiro atoms. The van der Waals surface area contributed by atoms with E-state index in [1.54, 1.807) is 24.3 Å². The third-order valence-electron chi connectivity index (χ3n) is 4.75. The minimum Gasteiger partial charge on any atom is -0.497 e. The SMILES string of the molecule is COc1ccc(-c2nc(Cc3ccccc3)oc2-c2ccc(S(N)(=O)=O)cc2)c(F)c1. The Hall–Kier alpha value is -3.49. The number of sulfonamides is 1. The van der Waals surface area contributed by atoms with Crippen LogP contribution in [-0.2, 0) is 16.4 Å². The van der Waals surface area contributed by atoms with E-state index in [4.69, 9.17) is 14.3 Å². The van der Waals surface area contributed by atoms with Gasteiger partial charge in [0.25, 0.3) is 0 Å². The van der Waals surface area contributed by atoms with E-state index >= 15 is 0 Å². The first kappa shape index (κ1) is 20.8. The first-order chi connectivity index (χ1) is 14.8. The molecule has 0 saturated heterocycles. The van der Waals surface area contributed by atoms with Crippen LogP contribution < -0.4 is 9.88 Å². The highest BCUT2D eigenvalue weighted by Crippen LogP contribution is 2.36. The standard InChI is InChI=1S/C23H19FN2O4S/c1-29-17-9-12-19(20(24)14-17)22-23(16-7-10-18(11-8-16)31(25,27)28)30-21(26-22)13-15-5-3-2-4-6-15/h2-12,14H,13H2,1H3,(H2,25,27,28). The Morgan fingerprint density at radius 2 is 1.74 bits per heavy atom. The van der Waals surface area contributed by atoms with E-state index in [-0.39, 0.29) is 10.5 Å². The van der Waals surface area contributed by atoms with Crippen LogP contribution >= 0.6 is 0 Å². The smallest absolute Gasteiger partial charge is 0.238 e. The monoisotopic (exact) mass is 438 g/mol. The topological polar surface area (TPSA) is 95.4 Å². The van der Waals surface area contributed by atoms with Crippen LogP contribution in [0.15, 0.2) is 82.1 Å². The van der Waals surface area contributed by atoms with E-state index in [0.717, 1.165) is 5.56 Å². The normalized spacial score (nSPS) is 11.5. The molecule has 0 atom stereocenters. The lowest BCUT2D eigenvalue weighted by molar-refractivity contribution is 0.411. The highest BCUT2D eigenvalue weighted by atomic mass is 32.2. The largest absolute Gasteiger partial charge is 0.497 e. The zero-order valence-corrected chi connectivity index (χ0v) is 17.4.